The van der Waals surface area contributed by atoms with Crippen LogP contribution in [0.15, 0.2) is 4.79 Å². The van der Waals surface area contributed by atoms with Crippen molar-refractivity contribution in [2.45, 2.75) is 13.8 Å². The Kier molecular flexibility index (Phi) is 1.27. The van der Waals surface area contributed by atoms with Crippen molar-refractivity contribution in [2.75, 3.05) is 0 Å². The Morgan fingerprint density at radius 2 is 2.08 bits per heavy atom. The van der Waals surface area contributed by atoms with Crippen LogP contribution in [0, 0.1) is 13.8 Å². The molecule has 12 heavy (non-hydrogen) atoms. The fourth-order valence-electron chi connectivity index (χ4n) is 1.18. The highest BCUT2D eigenvalue weighted by molar-refractivity contribution is 5.75. The van der Waals surface area contributed by atoms with E-state index < -0.39 is 0 Å². The zero-order valence-corrected chi connectivity index (χ0v) is 6.80. The molecule has 0 saturated heterocycles. The fourth-order valence-corrected chi connectivity index (χ4v) is 1.18. The number of rotatable bonds is 0. The van der Waals surface area contributed by atoms with Crippen LogP contribution < -0.4 is 5.56 Å². The van der Waals surface area contributed by atoms with Crippen LogP contribution in [0.25, 0.3) is 11.0 Å². The van der Waals surface area contributed by atoms with Crippen LogP contribution in [0.1, 0.15) is 11.5 Å². The minimum Gasteiger partial charge on any atom is -0.310 e. The number of aryl methyl sites for hydroxylation is 2. The van der Waals surface area contributed by atoms with E-state index in [9.17, 15) is 4.79 Å². The lowest BCUT2D eigenvalue weighted by Gasteiger charge is -1.90. The third kappa shape index (κ3) is 0.827. The van der Waals surface area contributed by atoms with Crippen molar-refractivity contribution in [1.82, 2.24) is 20.2 Å². The third-order valence-corrected chi connectivity index (χ3v) is 1.72. The summed E-state index contributed by atoms with van der Waals surface area (Å²) in [6.07, 6.45) is 0. The zero-order valence-electron chi connectivity index (χ0n) is 6.80. The molecule has 0 aliphatic rings. The van der Waals surface area contributed by atoms with Crippen LogP contribution in [-0.2, 0) is 0 Å². The quantitative estimate of drug-likeness (QED) is 0.586. The highest BCUT2D eigenvalue weighted by Gasteiger charge is 2.06. The van der Waals surface area contributed by atoms with Gasteiger partial charge in [0.25, 0.3) is 5.56 Å². The van der Waals surface area contributed by atoms with E-state index in [1.165, 1.54) is 0 Å². The molecule has 0 aliphatic carbocycles. The molecule has 0 unspecified atom stereocenters. The Labute approximate surface area is 67.8 Å². The van der Waals surface area contributed by atoms with Crippen molar-refractivity contribution in [2.24, 2.45) is 0 Å². The summed E-state index contributed by atoms with van der Waals surface area (Å²) in [6.45, 7) is 3.52. The van der Waals surface area contributed by atoms with Gasteiger partial charge in [-0.1, -0.05) is 0 Å². The molecule has 0 fully saturated rings. The van der Waals surface area contributed by atoms with E-state index in [1.54, 1.807) is 13.8 Å². The molecule has 0 aromatic carbocycles. The molecular formula is C7H8N4O. The van der Waals surface area contributed by atoms with Crippen molar-refractivity contribution in [3.63, 3.8) is 0 Å². The molecule has 62 valence electrons. The van der Waals surface area contributed by atoms with Crippen LogP contribution in [0.4, 0.5) is 0 Å². The average Bonchev–Trinajstić information content (AvgIpc) is 2.31. The van der Waals surface area contributed by atoms with Gasteiger partial charge in [-0.2, -0.15) is 5.10 Å². The number of H-pyrrole nitrogens is 2. The topological polar surface area (TPSA) is 74.4 Å². The summed E-state index contributed by atoms with van der Waals surface area (Å²) >= 11 is 0. The lowest BCUT2D eigenvalue weighted by molar-refractivity contribution is 1.02. The van der Waals surface area contributed by atoms with Gasteiger partial charge in [0.2, 0.25) is 0 Å². The zero-order chi connectivity index (χ0) is 8.72. The third-order valence-electron chi connectivity index (χ3n) is 1.72. The summed E-state index contributed by atoms with van der Waals surface area (Å²) in [5, 5.41) is 7.14. The second-order valence-corrected chi connectivity index (χ2v) is 2.70. The van der Waals surface area contributed by atoms with Gasteiger partial charge < -0.3 is 4.98 Å². The standard InChI is InChI=1S/C7H8N4O/c1-3-5-6(11-10-3)8-4(2)9-7(5)12/h1-2H3,(H2,8,9,10,11,12). The number of aromatic nitrogens is 4. The van der Waals surface area contributed by atoms with Crippen molar-refractivity contribution < 1.29 is 0 Å². The van der Waals surface area contributed by atoms with E-state index in [4.69, 9.17) is 0 Å². The summed E-state index contributed by atoms with van der Waals surface area (Å²) in [7, 11) is 0. The number of aromatic amines is 2. The minimum absolute atomic E-state index is 0.135. The first-order chi connectivity index (χ1) is 5.68. The second kappa shape index (κ2) is 2.17. The van der Waals surface area contributed by atoms with Gasteiger partial charge in [-0.15, -0.1) is 0 Å². The summed E-state index contributed by atoms with van der Waals surface area (Å²) in [4.78, 5) is 18.0. The summed E-state index contributed by atoms with van der Waals surface area (Å²) in [6, 6.07) is 0. The van der Waals surface area contributed by atoms with Crippen molar-refractivity contribution in [1.29, 1.82) is 0 Å². The number of nitrogens with one attached hydrogen (secondary N) is 2. The van der Waals surface area contributed by atoms with Crippen LogP contribution in [0.2, 0.25) is 0 Å². The van der Waals surface area contributed by atoms with Gasteiger partial charge in [-0.3, -0.25) is 9.89 Å². The van der Waals surface area contributed by atoms with Gasteiger partial charge in [0, 0.05) is 5.69 Å². The summed E-state index contributed by atoms with van der Waals surface area (Å²) < 4.78 is 0. The van der Waals surface area contributed by atoms with Crippen LogP contribution in [-0.4, -0.2) is 20.2 Å². The van der Waals surface area contributed by atoms with E-state index in [1.807, 2.05) is 0 Å². The maximum absolute atomic E-state index is 11.3. The molecule has 0 bridgehead atoms. The van der Waals surface area contributed by atoms with E-state index in [0.29, 0.717) is 16.9 Å². The van der Waals surface area contributed by atoms with Crippen molar-refractivity contribution >= 4 is 11.0 Å². The maximum Gasteiger partial charge on any atom is 0.262 e. The predicted molar refractivity (Wildman–Crippen MR) is 44.0 cm³/mol. The first-order valence-electron chi connectivity index (χ1n) is 3.60. The lowest BCUT2D eigenvalue weighted by Crippen LogP contribution is -2.09. The first kappa shape index (κ1) is 7.02. The minimum atomic E-state index is -0.135. The molecule has 0 saturated carbocycles. The highest BCUT2D eigenvalue weighted by Crippen LogP contribution is 2.05. The Balaban J connectivity index is 3.03. The van der Waals surface area contributed by atoms with Crippen LogP contribution in [0.3, 0.4) is 0 Å². The molecule has 0 radical (unpaired) electrons. The van der Waals surface area contributed by atoms with Crippen LogP contribution in [0.5, 0.6) is 0 Å². The van der Waals surface area contributed by atoms with E-state index in [-0.39, 0.29) is 5.56 Å². The molecular weight excluding hydrogens is 156 g/mol. The molecule has 2 aromatic heterocycles. The van der Waals surface area contributed by atoms with Crippen LogP contribution >= 0.6 is 0 Å². The number of hydrogen-bond acceptors (Lipinski definition) is 3. The Hall–Kier alpha value is -1.65. The average molecular weight is 164 g/mol. The summed E-state index contributed by atoms with van der Waals surface area (Å²) in [5.74, 6) is 0.582. The van der Waals surface area contributed by atoms with Gasteiger partial charge in [0.05, 0.1) is 0 Å². The van der Waals surface area contributed by atoms with E-state index in [0.717, 1.165) is 5.69 Å². The van der Waals surface area contributed by atoms with Gasteiger partial charge >= 0.3 is 0 Å². The monoisotopic (exact) mass is 164 g/mol. The first-order valence-corrected chi connectivity index (χ1v) is 3.60. The Morgan fingerprint density at radius 1 is 1.33 bits per heavy atom. The molecule has 5 heteroatoms. The smallest absolute Gasteiger partial charge is 0.262 e. The normalized spacial score (nSPS) is 10.8. The molecule has 2 aromatic rings. The second-order valence-electron chi connectivity index (χ2n) is 2.70. The van der Waals surface area contributed by atoms with Crippen molar-refractivity contribution in [3.05, 3.63) is 21.9 Å². The summed E-state index contributed by atoms with van der Waals surface area (Å²) in [5.41, 5.74) is 1.09. The predicted octanol–water partition coefficient (Wildman–Crippen LogP) is 0.263. The molecule has 0 atom stereocenters. The molecule has 0 spiro atoms. The molecule has 5 nitrogen and oxygen atoms in total. The van der Waals surface area contributed by atoms with E-state index in [2.05, 4.69) is 20.2 Å². The van der Waals surface area contributed by atoms with Gasteiger partial charge in [-0.25, -0.2) is 4.98 Å². The highest BCUT2D eigenvalue weighted by atomic mass is 16.1. The lowest BCUT2D eigenvalue weighted by atomic mass is 10.3. The molecule has 0 amide bonds. The number of fused-ring (bicyclic) bond motifs is 1. The molecule has 2 heterocycles. The fraction of sp³-hybridized carbons (Fsp3) is 0.286. The SMILES string of the molecule is Cc1nc2n[nH]c(C)c2c(=O)[nH]1. The van der Waals surface area contributed by atoms with Gasteiger partial charge in [0.15, 0.2) is 5.65 Å². The van der Waals surface area contributed by atoms with Gasteiger partial charge in [0.1, 0.15) is 11.2 Å². The largest absolute Gasteiger partial charge is 0.310 e. The van der Waals surface area contributed by atoms with E-state index >= 15 is 0 Å². The maximum atomic E-state index is 11.3. The Morgan fingerprint density at radius 3 is 2.83 bits per heavy atom. The number of nitrogens with zero attached hydrogens (tertiary/aromatic N) is 2. The van der Waals surface area contributed by atoms with Crippen molar-refractivity contribution in [3.8, 4) is 0 Å². The number of hydrogen-bond donors (Lipinski definition) is 2. The molecule has 2 rings (SSSR count). The van der Waals surface area contributed by atoms with Gasteiger partial charge in [-0.05, 0) is 13.8 Å². The molecule has 2 N–H and O–H groups in total. The Bertz CT molecular complexity index is 482. The molecule has 0 aliphatic heterocycles.